The molecule has 9 N–H and O–H groups in total. The highest BCUT2D eigenvalue weighted by atomic mass is 16.1. The molecule has 0 atom stereocenters. The highest BCUT2D eigenvalue weighted by Gasteiger charge is 2.05. The molecule has 168 valence electrons. The third-order valence-corrected chi connectivity index (χ3v) is 4.88. The smallest absolute Gasteiger partial charge is 0.255 e. The van der Waals surface area contributed by atoms with Crippen LogP contribution >= 0.6 is 0 Å². The Morgan fingerprint density at radius 1 is 0.636 bits per heavy atom. The number of hydrogen-bond donors (Lipinski definition) is 5. The maximum Gasteiger partial charge on any atom is 0.255 e. The van der Waals surface area contributed by atoms with E-state index in [0.29, 0.717) is 22.6 Å². The lowest BCUT2D eigenvalue weighted by Crippen LogP contribution is -2.11. The maximum atomic E-state index is 11.8. The molecule has 0 fully saturated rings. The number of carbonyl (C=O) groups is 1. The van der Waals surface area contributed by atoms with Gasteiger partial charge in [-0.1, -0.05) is 6.07 Å². The number of nitrogens with two attached hydrogens (primary N) is 4. The van der Waals surface area contributed by atoms with Gasteiger partial charge >= 0.3 is 0 Å². The van der Waals surface area contributed by atoms with Crippen LogP contribution in [0.2, 0.25) is 0 Å². The first-order chi connectivity index (χ1) is 15.8. The Morgan fingerprint density at radius 3 is 1.55 bits per heavy atom. The number of amides is 1. The van der Waals surface area contributed by atoms with Gasteiger partial charge in [-0.05, 0) is 91.0 Å². The van der Waals surface area contributed by atoms with Crippen molar-refractivity contribution in [3.8, 4) is 0 Å². The average Bonchev–Trinajstić information content (AvgIpc) is 2.80. The number of nitrogen functional groups attached to an aromatic ring is 4. The molecule has 0 saturated heterocycles. The fourth-order valence-corrected chi connectivity index (χ4v) is 3.00. The van der Waals surface area contributed by atoms with Crippen molar-refractivity contribution in [3.05, 3.63) is 103 Å². The molecule has 4 rings (SSSR count). The van der Waals surface area contributed by atoms with Crippen LogP contribution in [0.3, 0.4) is 0 Å². The van der Waals surface area contributed by atoms with E-state index < -0.39 is 0 Å². The Kier molecular flexibility index (Phi) is 7.39. The molecular formula is C26H28N6O. The van der Waals surface area contributed by atoms with E-state index in [2.05, 4.69) is 10.2 Å². The van der Waals surface area contributed by atoms with Crippen molar-refractivity contribution < 1.29 is 4.79 Å². The molecule has 0 aliphatic heterocycles. The van der Waals surface area contributed by atoms with Gasteiger partial charge in [0.2, 0.25) is 0 Å². The average molecular weight is 441 g/mol. The van der Waals surface area contributed by atoms with Gasteiger partial charge in [-0.3, -0.25) is 4.79 Å². The Hall–Kier alpha value is -4.65. The SMILES string of the molecule is CN(c1ccc(N)cc1)c1ccc(N)cc1.Nc1ccc(C(=O)Nc2cccc(N)c2)cc1. The van der Waals surface area contributed by atoms with Gasteiger partial charge < -0.3 is 33.2 Å². The predicted octanol–water partition coefficient (Wildman–Crippen LogP) is 4.72. The molecule has 0 heterocycles. The molecule has 4 aromatic rings. The molecular weight excluding hydrogens is 412 g/mol. The minimum atomic E-state index is -0.185. The Bertz CT molecular complexity index is 1140. The molecule has 0 aromatic heterocycles. The van der Waals surface area contributed by atoms with Crippen molar-refractivity contribution in [2.75, 3.05) is 40.2 Å². The van der Waals surface area contributed by atoms with Crippen molar-refractivity contribution in [1.29, 1.82) is 0 Å². The molecule has 0 radical (unpaired) electrons. The second kappa shape index (κ2) is 10.6. The van der Waals surface area contributed by atoms with Crippen LogP contribution in [0.4, 0.5) is 39.8 Å². The van der Waals surface area contributed by atoms with Crippen LogP contribution in [-0.2, 0) is 0 Å². The first-order valence-corrected chi connectivity index (χ1v) is 10.3. The number of hydrogen-bond acceptors (Lipinski definition) is 6. The topological polar surface area (TPSA) is 136 Å². The van der Waals surface area contributed by atoms with E-state index in [0.717, 1.165) is 22.7 Å². The second-order valence-corrected chi connectivity index (χ2v) is 7.44. The van der Waals surface area contributed by atoms with Crippen LogP contribution in [0.5, 0.6) is 0 Å². The summed E-state index contributed by atoms with van der Waals surface area (Å²) < 4.78 is 0. The lowest BCUT2D eigenvalue weighted by Gasteiger charge is -2.19. The van der Waals surface area contributed by atoms with Crippen molar-refractivity contribution >= 4 is 45.7 Å². The number of nitrogens with zero attached hydrogens (tertiary/aromatic N) is 1. The fraction of sp³-hybridized carbons (Fsp3) is 0.0385. The molecule has 0 saturated carbocycles. The summed E-state index contributed by atoms with van der Waals surface area (Å²) in [7, 11) is 2.01. The molecule has 0 unspecified atom stereocenters. The summed E-state index contributed by atoms with van der Waals surface area (Å²) in [6.45, 7) is 0. The first-order valence-electron chi connectivity index (χ1n) is 10.3. The highest BCUT2D eigenvalue weighted by molar-refractivity contribution is 6.04. The number of carbonyl (C=O) groups excluding carboxylic acids is 1. The minimum absolute atomic E-state index is 0.185. The number of anilines is 7. The fourth-order valence-electron chi connectivity index (χ4n) is 3.00. The van der Waals surface area contributed by atoms with E-state index in [1.165, 1.54) is 0 Å². The predicted molar refractivity (Wildman–Crippen MR) is 139 cm³/mol. The second-order valence-electron chi connectivity index (χ2n) is 7.44. The van der Waals surface area contributed by atoms with Crippen LogP contribution in [0.15, 0.2) is 97.1 Å². The van der Waals surface area contributed by atoms with E-state index in [1.807, 2.05) is 55.6 Å². The Morgan fingerprint density at radius 2 is 1.09 bits per heavy atom. The summed E-state index contributed by atoms with van der Waals surface area (Å²) in [4.78, 5) is 13.9. The van der Waals surface area contributed by atoms with E-state index in [-0.39, 0.29) is 5.91 Å². The molecule has 4 aromatic carbocycles. The lowest BCUT2D eigenvalue weighted by atomic mass is 10.2. The zero-order valence-electron chi connectivity index (χ0n) is 18.4. The summed E-state index contributed by atoms with van der Waals surface area (Å²) in [6, 6.07) is 29.3. The van der Waals surface area contributed by atoms with Crippen LogP contribution in [0.1, 0.15) is 10.4 Å². The lowest BCUT2D eigenvalue weighted by molar-refractivity contribution is 0.102. The molecule has 7 heteroatoms. The van der Waals surface area contributed by atoms with Crippen LogP contribution in [-0.4, -0.2) is 13.0 Å². The van der Waals surface area contributed by atoms with Crippen molar-refractivity contribution in [1.82, 2.24) is 0 Å². The van der Waals surface area contributed by atoms with Crippen LogP contribution < -0.4 is 33.2 Å². The van der Waals surface area contributed by atoms with Gasteiger partial charge in [0.05, 0.1) is 0 Å². The third kappa shape index (κ3) is 6.67. The summed E-state index contributed by atoms with van der Waals surface area (Å²) in [5, 5.41) is 2.76. The van der Waals surface area contributed by atoms with E-state index in [9.17, 15) is 4.79 Å². The van der Waals surface area contributed by atoms with Gasteiger partial charge in [0.1, 0.15) is 0 Å². The molecule has 0 spiro atoms. The zero-order chi connectivity index (χ0) is 23.8. The molecule has 33 heavy (non-hydrogen) atoms. The molecule has 1 amide bonds. The van der Waals surface area contributed by atoms with Gasteiger partial charge in [-0.2, -0.15) is 0 Å². The van der Waals surface area contributed by atoms with E-state index >= 15 is 0 Å². The molecule has 0 bridgehead atoms. The number of benzene rings is 4. The summed E-state index contributed by atoms with van der Waals surface area (Å²) in [5.74, 6) is -0.185. The maximum absolute atomic E-state index is 11.8. The van der Waals surface area contributed by atoms with Crippen molar-refractivity contribution in [2.45, 2.75) is 0 Å². The van der Waals surface area contributed by atoms with Crippen LogP contribution in [0.25, 0.3) is 0 Å². The summed E-state index contributed by atoms with van der Waals surface area (Å²) in [5.41, 5.74) is 28.7. The van der Waals surface area contributed by atoms with Crippen LogP contribution in [0, 0.1) is 0 Å². The molecule has 0 aliphatic carbocycles. The van der Waals surface area contributed by atoms with Gasteiger partial charge in [0, 0.05) is 52.4 Å². The van der Waals surface area contributed by atoms with E-state index in [4.69, 9.17) is 22.9 Å². The first kappa shape index (κ1) is 23.0. The largest absolute Gasteiger partial charge is 0.399 e. The quantitative estimate of drug-likeness (QED) is 0.291. The Balaban J connectivity index is 0.000000186. The van der Waals surface area contributed by atoms with Gasteiger partial charge in [-0.15, -0.1) is 0 Å². The van der Waals surface area contributed by atoms with E-state index in [1.54, 1.807) is 48.5 Å². The summed E-state index contributed by atoms with van der Waals surface area (Å²) in [6.07, 6.45) is 0. The van der Waals surface area contributed by atoms with Gasteiger partial charge in [-0.25, -0.2) is 0 Å². The minimum Gasteiger partial charge on any atom is -0.399 e. The normalized spacial score (nSPS) is 9.97. The van der Waals surface area contributed by atoms with Crippen molar-refractivity contribution in [3.63, 3.8) is 0 Å². The molecule has 7 nitrogen and oxygen atoms in total. The summed E-state index contributed by atoms with van der Waals surface area (Å²) >= 11 is 0. The monoisotopic (exact) mass is 440 g/mol. The highest BCUT2D eigenvalue weighted by Crippen LogP contribution is 2.24. The van der Waals surface area contributed by atoms with Crippen molar-refractivity contribution in [2.24, 2.45) is 0 Å². The zero-order valence-corrected chi connectivity index (χ0v) is 18.4. The Labute approximate surface area is 193 Å². The number of nitrogens with one attached hydrogen (secondary N) is 1. The molecule has 0 aliphatic rings. The number of rotatable bonds is 4. The standard InChI is InChI=1S/C13H13N3O.C13H15N3/c14-10-6-4-9(5-7-10)13(17)16-12-3-1-2-11(15)8-12;1-16(12-6-2-10(14)3-7-12)13-8-4-11(15)5-9-13/h1-8H,14-15H2,(H,16,17);2-9H,14-15H2,1H3. The third-order valence-electron chi connectivity index (χ3n) is 4.88. The van der Waals surface area contributed by atoms with Gasteiger partial charge in [0.15, 0.2) is 0 Å². The van der Waals surface area contributed by atoms with Gasteiger partial charge in [0.25, 0.3) is 5.91 Å².